The monoisotopic (exact) mass is 377 g/mol. The van der Waals surface area contributed by atoms with Crippen molar-refractivity contribution in [3.63, 3.8) is 0 Å². The molecule has 0 radical (unpaired) electrons. The molecule has 7 nitrogen and oxygen atoms in total. The van der Waals surface area contributed by atoms with Gasteiger partial charge in [-0.15, -0.1) is 0 Å². The number of anilines is 2. The lowest BCUT2D eigenvalue weighted by molar-refractivity contribution is 0.598. The first-order valence-electron chi connectivity index (χ1n) is 8.83. The van der Waals surface area contributed by atoms with Crippen LogP contribution in [0, 0.1) is 6.92 Å². The Hall–Kier alpha value is -2.19. The van der Waals surface area contributed by atoms with E-state index < -0.39 is 10.0 Å². The highest BCUT2D eigenvalue weighted by molar-refractivity contribution is 7.89. The molecule has 0 saturated carbocycles. The fourth-order valence-electron chi connectivity index (χ4n) is 2.49. The zero-order chi connectivity index (χ0) is 19.0. The highest BCUT2D eigenvalue weighted by atomic mass is 32.2. The van der Waals surface area contributed by atoms with Gasteiger partial charge in [0.25, 0.3) is 0 Å². The van der Waals surface area contributed by atoms with Crippen molar-refractivity contribution in [1.29, 1.82) is 0 Å². The van der Waals surface area contributed by atoms with Crippen LogP contribution in [0.2, 0.25) is 0 Å². The van der Waals surface area contributed by atoms with E-state index in [0.29, 0.717) is 12.5 Å². The molecule has 142 valence electrons. The molecular formula is C18H27N5O2S. The number of aryl methyl sites for hydroxylation is 1. The van der Waals surface area contributed by atoms with Gasteiger partial charge >= 0.3 is 0 Å². The van der Waals surface area contributed by atoms with E-state index in [4.69, 9.17) is 5.14 Å². The topological polar surface area (TPSA) is 110 Å². The summed E-state index contributed by atoms with van der Waals surface area (Å²) in [5.74, 6) is 1.41. The van der Waals surface area contributed by atoms with E-state index in [1.165, 1.54) is 25.0 Å². The van der Waals surface area contributed by atoms with Gasteiger partial charge in [-0.1, -0.05) is 31.9 Å². The van der Waals surface area contributed by atoms with Gasteiger partial charge in [-0.2, -0.15) is 4.98 Å². The van der Waals surface area contributed by atoms with Gasteiger partial charge in [0.1, 0.15) is 5.82 Å². The largest absolute Gasteiger partial charge is 0.370 e. The second-order valence-electron chi connectivity index (χ2n) is 6.22. The van der Waals surface area contributed by atoms with Crippen molar-refractivity contribution in [2.75, 3.05) is 23.7 Å². The molecule has 4 N–H and O–H groups in total. The van der Waals surface area contributed by atoms with Crippen LogP contribution in [0.15, 0.2) is 35.2 Å². The van der Waals surface area contributed by atoms with Crippen molar-refractivity contribution < 1.29 is 8.42 Å². The average molecular weight is 378 g/mol. The van der Waals surface area contributed by atoms with Gasteiger partial charge in [-0.05, 0) is 37.5 Å². The van der Waals surface area contributed by atoms with Crippen molar-refractivity contribution in [3.8, 4) is 0 Å². The summed E-state index contributed by atoms with van der Waals surface area (Å²) in [7, 11) is -3.65. The third-order valence-corrected chi connectivity index (χ3v) is 4.82. The van der Waals surface area contributed by atoms with Crippen molar-refractivity contribution in [1.82, 2.24) is 9.97 Å². The Morgan fingerprint density at radius 1 is 1.04 bits per heavy atom. The number of nitrogens with two attached hydrogens (primary N) is 1. The van der Waals surface area contributed by atoms with Crippen LogP contribution in [-0.2, 0) is 16.4 Å². The van der Waals surface area contributed by atoms with Crippen molar-refractivity contribution in [3.05, 3.63) is 41.6 Å². The molecule has 0 aliphatic carbocycles. The molecule has 0 unspecified atom stereocenters. The number of hydrogen-bond donors (Lipinski definition) is 3. The number of nitrogens with zero attached hydrogens (tertiary/aromatic N) is 2. The lowest BCUT2D eigenvalue weighted by atomic mass is 10.1. The summed E-state index contributed by atoms with van der Waals surface area (Å²) >= 11 is 0. The smallest absolute Gasteiger partial charge is 0.238 e. The van der Waals surface area contributed by atoms with Gasteiger partial charge in [-0.3, -0.25) is 0 Å². The third-order valence-electron chi connectivity index (χ3n) is 3.89. The Bertz CT molecular complexity index is 807. The first-order valence-corrected chi connectivity index (χ1v) is 10.4. The van der Waals surface area contributed by atoms with Crippen LogP contribution in [0.4, 0.5) is 11.8 Å². The summed E-state index contributed by atoms with van der Waals surface area (Å²) in [6, 6.07) is 8.50. The molecule has 0 atom stereocenters. The molecule has 1 aromatic carbocycles. The molecule has 1 heterocycles. The van der Waals surface area contributed by atoms with Crippen molar-refractivity contribution >= 4 is 21.8 Å². The molecule has 0 bridgehead atoms. The standard InChI is InChI=1S/C18H27N5O2S/c1-3-4-5-11-20-17-13-14(2)22-18(23-17)21-12-10-15-6-8-16(9-7-15)26(19,24)25/h6-9,13H,3-5,10-12H2,1-2H3,(H2,19,24,25)(H2,20,21,22,23). The highest BCUT2D eigenvalue weighted by Crippen LogP contribution is 2.12. The molecule has 0 fully saturated rings. The van der Waals surface area contributed by atoms with Crippen LogP contribution in [-0.4, -0.2) is 31.5 Å². The molecule has 8 heteroatoms. The summed E-state index contributed by atoms with van der Waals surface area (Å²) in [5, 5.41) is 11.6. The van der Waals surface area contributed by atoms with Crippen LogP contribution >= 0.6 is 0 Å². The molecule has 0 saturated heterocycles. The Labute approximate surface area is 155 Å². The average Bonchev–Trinajstić information content (AvgIpc) is 2.58. The molecular weight excluding hydrogens is 350 g/mol. The highest BCUT2D eigenvalue weighted by Gasteiger charge is 2.07. The number of hydrogen-bond acceptors (Lipinski definition) is 6. The van der Waals surface area contributed by atoms with E-state index in [2.05, 4.69) is 27.5 Å². The van der Waals surface area contributed by atoms with E-state index in [-0.39, 0.29) is 4.90 Å². The minimum absolute atomic E-state index is 0.120. The molecule has 0 spiro atoms. The normalized spacial score (nSPS) is 11.3. The van der Waals surface area contributed by atoms with Gasteiger partial charge < -0.3 is 10.6 Å². The van der Waals surface area contributed by atoms with Crippen LogP contribution in [0.25, 0.3) is 0 Å². The molecule has 0 aliphatic heterocycles. The first-order chi connectivity index (χ1) is 12.4. The quantitative estimate of drug-likeness (QED) is 0.549. The Kier molecular flexibility index (Phi) is 7.35. The van der Waals surface area contributed by atoms with Crippen LogP contribution in [0.3, 0.4) is 0 Å². The fourth-order valence-corrected chi connectivity index (χ4v) is 3.01. The van der Waals surface area contributed by atoms with Gasteiger partial charge in [-0.25, -0.2) is 18.5 Å². The van der Waals surface area contributed by atoms with Gasteiger partial charge in [0.15, 0.2) is 0 Å². The summed E-state index contributed by atoms with van der Waals surface area (Å²) in [5.41, 5.74) is 1.91. The van der Waals surface area contributed by atoms with Gasteiger partial charge in [0.05, 0.1) is 4.90 Å². The number of aromatic nitrogens is 2. The molecule has 2 aromatic rings. The van der Waals surface area contributed by atoms with E-state index in [1.807, 2.05) is 13.0 Å². The second-order valence-corrected chi connectivity index (χ2v) is 7.78. The predicted molar refractivity (Wildman–Crippen MR) is 105 cm³/mol. The molecule has 0 amide bonds. The number of unbranched alkanes of at least 4 members (excludes halogenated alkanes) is 2. The van der Waals surface area contributed by atoms with Gasteiger partial charge in [0.2, 0.25) is 16.0 Å². The van der Waals surface area contributed by atoms with Crippen molar-refractivity contribution in [2.45, 2.75) is 44.4 Å². The maximum Gasteiger partial charge on any atom is 0.238 e. The molecule has 26 heavy (non-hydrogen) atoms. The van der Waals surface area contributed by atoms with Crippen molar-refractivity contribution in [2.24, 2.45) is 5.14 Å². The van der Waals surface area contributed by atoms with E-state index in [9.17, 15) is 8.42 Å². The maximum atomic E-state index is 11.3. The van der Waals surface area contributed by atoms with Crippen LogP contribution in [0.1, 0.15) is 37.4 Å². The number of nitrogens with one attached hydrogen (secondary N) is 2. The van der Waals surface area contributed by atoms with E-state index >= 15 is 0 Å². The third kappa shape index (κ3) is 6.61. The predicted octanol–water partition coefficient (Wildman–Crippen LogP) is 2.69. The first kappa shape index (κ1) is 20.1. The number of primary sulfonamides is 1. The fraction of sp³-hybridized carbons (Fsp3) is 0.444. The number of rotatable bonds is 10. The SMILES string of the molecule is CCCCCNc1cc(C)nc(NCCc2ccc(S(N)(=O)=O)cc2)n1. The summed E-state index contributed by atoms with van der Waals surface area (Å²) in [6.07, 6.45) is 4.24. The molecule has 2 rings (SSSR count). The summed E-state index contributed by atoms with van der Waals surface area (Å²) in [4.78, 5) is 9.00. The zero-order valence-electron chi connectivity index (χ0n) is 15.3. The van der Waals surface area contributed by atoms with Crippen LogP contribution < -0.4 is 15.8 Å². The summed E-state index contributed by atoms with van der Waals surface area (Å²) < 4.78 is 22.5. The zero-order valence-corrected chi connectivity index (χ0v) is 16.1. The van der Waals surface area contributed by atoms with Gasteiger partial charge in [0, 0.05) is 24.8 Å². The Balaban J connectivity index is 1.87. The lowest BCUT2D eigenvalue weighted by Crippen LogP contribution is -2.12. The van der Waals surface area contributed by atoms with Crippen LogP contribution in [0.5, 0.6) is 0 Å². The summed E-state index contributed by atoms with van der Waals surface area (Å²) in [6.45, 7) is 5.67. The molecule has 0 aliphatic rings. The number of sulfonamides is 1. The lowest BCUT2D eigenvalue weighted by Gasteiger charge is -2.10. The maximum absolute atomic E-state index is 11.3. The minimum Gasteiger partial charge on any atom is -0.370 e. The van der Waals surface area contributed by atoms with E-state index in [1.54, 1.807) is 12.1 Å². The number of benzene rings is 1. The Morgan fingerprint density at radius 3 is 2.42 bits per heavy atom. The van der Waals surface area contributed by atoms with E-state index in [0.717, 1.165) is 36.5 Å². The molecule has 1 aromatic heterocycles. The Morgan fingerprint density at radius 2 is 1.77 bits per heavy atom. The second kappa shape index (κ2) is 9.49. The minimum atomic E-state index is -3.65.